The summed E-state index contributed by atoms with van der Waals surface area (Å²) in [7, 11) is 1.75. The molecular weight excluding hydrogens is 480 g/mol. The van der Waals surface area contributed by atoms with Crippen LogP contribution in [0.4, 0.5) is 0 Å². The third-order valence-electron chi connectivity index (χ3n) is 6.42. The highest BCUT2D eigenvalue weighted by atomic mass is 16.5. The fourth-order valence-electron chi connectivity index (χ4n) is 4.23. The first-order valence-corrected chi connectivity index (χ1v) is 13.0. The maximum Gasteiger partial charge on any atom is 0.253 e. The van der Waals surface area contributed by atoms with Crippen LogP contribution in [0.25, 0.3) is 11.1 Å². The van der Waals surface area contributed by atoms with Gasteiger partial charge >= 0.3 is 0 Å². The molecule has 0 aliphatic carbocycles. The van der Waals surface area contributed by atoms with Gasteiger partial charge in [-0.25, -0.2) is 5.48 Å². The topological polar surface area (TPSA) is 112 Å². The third kappa shape index (κ3) is 8.24. The lowest BCUT2D eigenvalue weighted by Crippen LogP contribution is -2.34. The molecular formula is C30H36N4O4. The van der Waals surface area contributed by atoms with Gasteiger partial charge in [0.25, 0.3) is 5.91 Å². The number of hydroxylamine groups is 1. The second kappa shape index (κ2) is 14.6. The van der Waals surface area contributed by atoms with E-state index in [0.29, 0.717) is 30.5 Å². The standard InChI is InChI=1S/C30H36N4O4/c1-3-4-13-28(35)32-27(16-17-29(36)33-38)25-15-14-23(22-10-6-5-7-11-22)21-26(25)30(37)34(2)20-18-24-12-8-9-19-31-24/h5-12,14-15,19,21,27,38H,3-4,13,16-18,20H2,1-2H3,(H,32,35)(H,33,36)/t27-/m1/s1. The molecule has 200 valence electrons. The van der Waals surface area contributed by atoms with Gasteiger partial charge in [0.1, 0.15) is 0 Å². The normalized spacial score (nSPS) is 11.4. The molecule has 0 aliphatic heterocycles. The van der Waals surface area contributed by atoms with Crippen LogP contribution in [0.2, 0.25) is 0 Å². The van der Waals surface area contributed by atoms with Crippen molar-refractivity contribution in [3.63, 3.8) is 0 Å². The molecule has 0 unspecified atom stereocenters. The molecule has 0 saturated heterocycles. The summed E-state index contributed by atoms with van der Waals surface area (Å²) in [5.74, 6) is -0.887. The molecule has 0 aliphatic rings. The van der Waals surface area contributed by atoms with Crippen LogP contribution in [0.3, 0.4) is 0 Å². The Morgan fingerprint density at radius 1 is 0.947 bits per heavy atom. The fourth-order valence-corrected chi connectivity index (χ4v) is 4.23. The van der Waals surface area contributed by atoms with E-state index in [1.54, 1.807) is 23.6 Å². The summed E-state index contributed by atoms with van der Waals surface area (Å²) in [6, 6.07) is 20.5. The van der Waals surface area contributed by atoms with Crippen molar-refractivity contribution in [3.05, 3.63) is 89.7 Å². The number of likely N-dealkylation sites (N-methyl/N-ethyl adjacent to an activating group) is 1. The summed E-state index contributed by atoms with van der Waals surface area (Å²) in [5, 5.41) is 12.0. The zero-order chi connectivity index (χ0) is 27.3. The van der Waals surface area contributed by atoms with Crippen molar-refractivity contribution >= 4 is 17.7 Å². The highest BCUT2D eigenvalue weighted by Gasteiger charge is 2.24. The van der Waals surface area contributed by atoms with Gasteiger partial charge in [-0.3, -0.25) is 24.6 Å². The zero-order valence-electron chi connectivity index (χ0n) is 22.0. The largest absolute Gasteiger partial charge is 0.349 e. The molecule has 1 atom stereocenters. The van der Waals surface area contributed by atoms with E-state index in [4.69, 9.17) is 5.21 Å². The molecule has 3 aromatic rings. The van der Waals surface area contributed by atoms with E-state index in [0.717, 1.165) is 29.7 Å². The number of carbonyl (C=O) groups is 3. The van der Waals surface area contributed by atoms with Crippen molar-refractivity contribution in [2.45, 2.75) is 51.5 Å². The third-order valence-corrected chi connectivity index (χ3v) is 6.42. The lowest BCUT2D eigenvalue weighted by molar-refractivity contribution is -0.129. The Bertz CT molecular complexity index is 1200. The van der Waals surface area contributed by atoms with Crippen LogP contribution in [0, 0.1) is 0 Å². The van der Waals surface area contributed by atoms with Gasteiger partial charge in [-0.15, -0.1) is 0 Å². The number of pyridine rings is 1. The molecule has 3 rings (SSSR count). The summed E-state index contributed by atoms with van der Waals surface area (Å²) in [6.45, 7) is 2.47. The van der Waals surface area contributed by atoms with E-state index in [1.807, 2.05) is 73.7 Å². The summed E-state index contributed by atoms with van der Waals surface area (Å²) >= 11 is 0. The van der Waals surface area contributed by atoms with Gasteiger partial charge < -0.3 is 10.2 Å². The van der Waals surface area contributed by atoms with Gasteiger partial charge in [0.15, 0.2) is 0 Å². The van der Waals surface area contributed by atoms with E-state index in [1.165, 1.54) is 0 Å². The maximum absolute atomic E-state index is 13.8. The number of nitrogens with one attached hydrogen (secondary N) is 2. The van der Waals surface area contributed by atoms with Gasteiger partial charge in [0.2, 0.25) is 11.8 Å². The quantitative estimate of drug-likeness (QED) is 0.225. The van der Waals surface area contributed by atoms with E-state index in [9.17, 15) is 14.4 Å². The molecule has 8 heteroatoms. The van der Waals surface area contributed by atoms with Gasteiger partial charge in [-0.2, -0.15) is 0 Å². The first-order chi connectivity index (χ1) is 18.4. The molecule has 0 saturated carbocycles. The molecule has 0 fully saturated rings. The molecule has 1 heterocycles. The lowest BCUT2D eigenvalue weighted by Gasteiger charge is -2.25. The summed E-state index contributed by atoms with van der Waals surface area (Å²) in [4.78, 5) is 44.3. The molecule has 0 bridgehead atoms. The van der Waals surface area contributed by atoms with Crippen LogP contribution >= 0.6 is 0 Å². The number of hydrogen-bond acceptors (Lipinski definition) is 5. The molecule has 3 amide bonds. The maximum atomic E-state index is 13.8. The molecule has 8 nitrogen and oxygen atoms in total. The number of carbonyl (C=O) groups excluding carboxylic acids is 3. The van der Waals surface area contributed by atoms with Crippen LogP contribution < -0.4 is 10.8 Å². The van der Waals surface area contributed by atoms with Crippen molar-refractivity contribution in [3.8, 4) is 11.1 Å². The van der Waals surface area contributed by atoms with E-state index >= 15 is 0 Å². The fraction of sp³-hybridized carbons (Fsp3) is 0.333. The van der Waals surface area contributed by atoms with E-state index in [2.05, 4.69) is 10.3 Å². The van der Waals surface area contributed by atoms with Crippen molar-refractivity contribution in [1.82, 2.24) is 20.7 Å². The summed E-state index contributed by atoms with van der Waals surface area (Å²) in [5.41, 5.74) is 5.47. The van der Waals surface area contributed by atoms with Gasteiger partial charge in [-0.05, 0) is 47.7 Å². The average Bonchev–Trinajstić information content (AvgIpc) is 2.97. The second-order valence-corrected chi connectivity index (χ2v) is 9.26. The van der Waals surface area contributed by atoms with Crippen LogP contribution in [0.5, 0.6) is 0 Å². The minimum Gasteiger partial charge on any atom is -0.349 e. The second-order valence-electron chi connectivity index (χ2n) is 9.26. The predicted molar refractivity (Wildman–Crippen MR) is 146 cm³/mol. The Morgan fingerprint density at radius 3 is 2.39 bits per heavy atom. The number of rotatable bonds is 13. The first kappa shape index (κ1) is 28.5. The molecule has 2 aromatic carbocycles. The van der Waals surface area contributed by atoms with E-state index < -0.39 is 11.9 Å². The van der Waals surface area contributed by atoms with Crippen LogP contribution in [0.1, 0.15) is 66.7 Å². The monoisotopic (exact) mass is 516 g/mol. The SMILES string of the molecule is CCCCC(=O)N[C@H](CCC(=O)NO)c1ccc(-c2ccccc2)cc1C(=O)N(C)CCc1ccccn1. The Morgan fingerprint density at radius 2 is 1.71 bits per heavy atom. The summed E-state index contributed by atoms with van der Waals surface area (Å²) < 4.78 is 0. The molecule has 0 spiro atoms. The Balaban J connectivity index is 1.96. The predicted octanol–water partition coefficient (Wildman–Crippen LogP) is 4.70. The van der Waals surface area contributed by atoms with Crippen LogP contribution in [0.15, 0.2) is 72.9 Å². The Labute approximate surface area is 224 Å². The first-order valence-electron chi connectivity index (χ1n) is 13.0. The number of unbranched alkanes of at least 4 members (excludes halogenated alkanes) is 1. The summed E-state index contributed by atoms with van der Waals surface area (Å²) in [6.07, 6.45) is 4.52. The molecule has 3 N–H and O–H groups in total. The van der Waals surface area contributed by atoms with Crippen LogP contribution in [-0.4, -0.2) is 46.4 Å². The van der Waals surface area contributed by atoms with Crippen molar-refractivity contribution in [2.75, 3.05) is 13.6 Å². The number of benzene rings is 2. The number of amides is 3. The van der Waals surface area contributed by atoms with Gasteiger partial charge in [-0.1, -0.05) is 61.9 Å². The molecule has 0 radical (unpaired) electrons. The average molecular weight is 517 g/mol. The van der Waals surface area contributed by atoms with Crippen molar-refractivity contribution in [1.29, 1.82) is 0 Å². The lowest BCUT2D eigenvalue weighted by atomic mass is 9.92. The number of hydrogen-bond donors (Lipinski definition) is 3. The van der Waals surface area contributed by atoms with E-state index in [-0.39, 0.29) is 24.7 Å². The minimum absolute atomic E-state index is 0.0151. The zero-order valence-corrected chi connectivity index (χ0v) is 22.0. The number of nitrogens with zero attached hydrogens (tertiary/aromatic N) is 2. The highest BCUT2D eigenvalue weighted by Crippen LogP contribution is 2.29. The molecule has 38 heavy (non-hydrogen) atoms. The van der Waals surface area contributed by atoms with Crippen molar-refractivity contribution in [2.24, 2.45) is 0 Å². The number of aromatic nitrogens is 1. The highest BCUT2D eigenvalue weighted by molar-refractivity contribution is 5.97. The smallest absolute Gasteiger partial charge is 0.253 e. The Hall–Kier alpha value is -4.04. The Kier molecular flexibility index (Phi) is 11.0. The van der Waals surface area contributed by atoms with Gasteiger partial charge in [0, 0.05) is 50.3 Å². The van der Waals surface area contributed by atoms with Gasteiger partial charge in [0.05, 0.1) is 6.04 Å². The van der Waals surface area contributed by atoms with Crippen molar-refractivity contribution < 1.29 is 19.6 Å². The minimum atomic E-state index is -0.579. The van der Waals surface area contributed by atoms with Crippen LogP contribution in [-0.2, 0) is 16.0 Å². The molecule has 1 aromatic heterocycles.